The Hall–Kier alpha value is -2.24. The summed E-state index contributed by atoms with van der Waals surface area (Å²) in [7, 11) is -3.88. The van der Waals surface area contributed by atoms with Crippen molar-refractivity contribution in [3.05, 3.63) is 66.4 Å². The van der Waals surface area contributed by atoms with Gasteiger partial charge in [0.1, 0.15) is 6.54 Å². The highest BCUT2D eigenvalue weighted by atomic mass is 32.2. The van der Waals surface area contributed by atoms with E-state index in [1.54, 1.807) is 0 Å². The SMILES string of the molecule is Cc1ccc2cc(-c3ccccc3)ccc2[n+]1CCCCS(=O)(=O)O. The molecular formula is C20H22NO3S+. The third-order valence-electron chi connectivity index (χ3n) is 4.39. The summed E-state index contributed by atoms with van der Waals surface area (Å²) >= 11 is 0. The Labute approximate surface area is 148 Å². The molecule has 130 valence electrons. The Morgan fingerprint density at radius 3 is 2.40 bits per heavy atom. The molecule has 0 aliphatic heterocycles. The maximum Gasteiger partial charge on any atom is 0.264 e. The molecule has 0 aliphatic rings. The maximum absolute atomic E-state index is 10.8. The smallest absolute Gasteiger partial charge is 0.264 e. The summed E-state index contributed by atoms with van der Waals surface area (Å²) in [5, 5.41) is 1.15. The van der Waals surface area contributed by atoms with Crippen molar-refractivity contribution >= 4 is 21.0 Å². The van der Waals surface area contributed by atoms with Crippen LogP contribution in [0.4, 0.5) is 0 Å². The second-order valence-electron chi connectivity index (χ2n) is 6.26. The van der Waals surface area contributed by atoms with Crippen molar-refractivity contribution in [3.8, 4) is 11.1 Å². The molecule has 0 spiro atoms. The number of hydrogen-bond acceptors (Lipinski definition) is 2. The van der Waals surface area contributed by atoms with Crippen LogP contribution < -0.4 is 4.57 Å². The van der Waals surface area contributed by atoms with Crippen LogP contribution in [0, 0.1) is 6.92 Å². The zero-order chi connectivity index (χ0) is 17.9. The van der Waals surface area contributed by atoms with E-state index in [-0.39, 0.29) is 5.75 Å². The first-order chi connectivity index (χ1) is 11.9. The molecule has 0 unspecified atom stereocenters. The van der Waals surface area contributed by atoms with Crippen molar-refractivity contribution in [1.29, 1.82) is 0 Å². The summed E-state index contributed by atoms with van der Waals surface area (Å²) < 4.78 is 32.7. The lowest BCUT2D eigenvalue weighted by atomic mass is 10.0. The maximum atomic E-state index is 10.8. The monoisotopic (exact) mass is 356 g/mol. The summed E-state index contributed by atoms with van der Waals surface area (Å²) in [6.07, 6.45) is 1.15. The lowest BCUT2D eigenvalue weighted by Gasteiger charge is -2.07. The fourth-order valence-corrected chi connectivity index (χ4v) is 3.65. The molecule has 0 amide bonds. The van der Waals surface area contributed by atoms with Crippen LogP contribution in [0.25, 0.3) is 22.0 Å². The van der Waals surface area contributed by atoms with Gasteiger partial charge in [0.25, 0.3) is 10.1 Å². The molecule has 25 heavy (non-hydrogen) atoms. The minimum Gasteiger partial charge on any atom is -0.286 e. The van der Waals surface area contributed by atoms with Gasteiger partial charge in [-0.2, -0.15) is 13.0 Å². The molecule has 0 bridgehead atoms. The molecule has 0 atom stereocenters. The van der Waals surface area contributed by atoms with Crippen molar-refractivity contribution < 1.29 is 17.5 Å². The Morgan fingerprint density at radius 2 is 1.68 bits per heavy atom. The van der Waals surface area contributed by atoms with Gasteiger partial charge in [-0.25, -0.2) is 0 Å². The molecule has 0 saturated carbocycles. The Bertz CT molecular complexity index is 982. The van der Waals surface area contributed by atoms with Crippen molar-refractivity contribution in [1.82, 2.24) is 0 Å². The fourth-order valence-electron chi connectivity index (χ4n) is 3.09. The molecule has 3 aromatic rings. The van der Waals surface area contributed by atoms with E-state index in [2.05, 4.69) is 47.0 Å². The fraction of sp³-hybridized carbons (Fsp3) is 0.250. The number of fused-ring (bicyclic) bond motifs is 1. The van der Waals surface area contributed by atoms with E-state index >= 15 is 0 Å². The molecule has 2 aromatic carbocycles. The van der Waals surface area contributed by atoms with E-state index in [4.69, 9.17) is 4.55 Å². The highest BCUT2D eigenvalue weighted by molar-refractivity contribution is 7.85. The summed E-state index contributed by atoms with van der Waals surface area (Å²) in [6, 6.07) is 20.9. The van der Waals surface area contributed by atoms with Crippen molar-refractivity contribution in [3.63, 3.8) is 0 Å². The molecule has 4 nitrogen and oxygen atoms in total. The van der Waals surface area contributed by atoms with E-state index in [1.165, 1.54) is 11.1 Å². The van der Waals surface area contributed by atoms with Crippen LogP contribution in [-0.2, 0) is 16.7 Å². The first kappa shape index (κ1) is 17.6. The third-order valence-corrected chi connectivity index (χ3v) is 5.19. The number of unbranched alkanes of at least 4 members (excludes halogenated alkanes) is 1. The summed E-state index contributed by atoms with van der Waals surface area (Å²) in [5.41, 5.74) is 4.62. The van der Waals surface area contributed by atoms with Crippen LogP contribution >= 0.6 is 0 Å². The first-order valence-electron chi connectivity index (χ1n) is 8.38. The van der Waals surface area contributed by atoms with Gasteiger partial charge >= 0.3 is 0 Å². The topological polar surface area (TPSA) is 58.2 Å². The average Bonchev–Trinajstić information content (AvgIpc) is 2.59. The van der Waals surface area contributed by atoms with Gasteiger partial charge in [0.2, 0.25) is 5.52 Å². The van der Waals surface area contributed by atoms with Crippen LogP contribution in [0.3, 0.4) is 0 Å². The van der Waals surface area contributed by atoms with E-state index in [0.29, 0.717) is 12.8 Å². The molecule has 0 fully saturated rings. The number of rotatable bonds is 6. The number of hydrogen-bond donors (Lipinski definition) is 1. The predicted molar refractivity (Wildman–Crippen MR) is 100.0 cm³/mol. The third kappa shape index (κ3) is 4.44. The molecule has 3 rings (SSSR count). The Morgan fingerprint density at radius 1 is 0.920 bits per heavy atom. The van der Waals surface area contributed by atoms with E-state index < -0.39 is 10.1 Å². The molecule has 1 N–H and O–H groups in total. The van der Waals surface area contributed by atoms with Crippen LogP contribution in [0.1, 0.15) is 18.5 Å². The molecule has 0 aliphatic carbocycles. The molecule has 0 radical (unpaired) electrons. The Balaban J connectivity index is 1.87. The van der Waals surface area contributed by atoms with Crippen molar-refractivity contribution in [2.75, 3.05) is 5.75 Å². The zero-order valence-electron chi connectivity index (χ0n) is 14.2. The normalized spacial score (nSPS) is 11.8. The van der Waals surface area contributed by atoms with Crippen LogP contribution in [0.15, 0.2) is 60.7 Å². The second-order valence-corrected chi connectivity index (χ2v) is 7.83. The van der Waals surface area contributed by atoms with Gasteiger partial charge < -0.3 is 0 Å². The highest BCUT2D eigenvalue weighted by Crippen LogP contribution is 2.23. The van der Waals surface area contributed by atoms with Crippen LogP contribution in [0.5, 0.6) is 0 Å². The predicted octanol–water partition coefficient (Wildman–Crippen LogP) is 3.77. The van der Waals surface area contributed by atoms with E-state index in [1.807, 2.05) is 25.1 Å². The summed E-state index contributed by atoms with van der Waals surface area (Å²) in [5.74, 6) is -0.185. The van der Waals surface area contributed by atoms with Gasteiger partial charge in [-0.05, 0) is 35.7 Å². The van der Waals surface area contributed by atoms with Gasteiger partial charge in [0.05, 0.1) is 5.75 Å². The summed E-state index contributed by atoms with van der Waals surface area (Å²) in [6.45, 7) is 2.77. The lowest BCUT2D eigenvalue weighted by Crippen LogP contribution is -2.38. The van der Waals surface area contributed by atoms with Gasteiger partial charge in [-0.15, -0.1) is 0 Å². The van der Waals surface area contributed by atoms with Crippen molar-refractivity contribution in [2.24, 2.45) is 0 Å². The molecule has 1 aromatic heterocycles. The largest absolute Gasteiger partial charge is 0.286 e. The first-order valence-corrected chi connectivity index (χ1v) is 9.99. The number of nitrogens with zero attached hydrogens (tertiary/aromatic N) is 1. The minimum absolute atomic E-state index is 0.185. The number of benzene rings is 2. The van der Waals surface area contributed by atoms with Crippen LogP contribution in [-0.4, -0.2) is 18.7 Å². The zero-order valence-corrected chi connectivity index (χ0v) is 15.0. The molecule has 5 heteroatoms. The quantitative estimate of drug-likeness (QED) is 0.415. The molecular weight excluding hydrogens is 334 g/mol. The second kappa shape index (κ2) is 7.33. The number of pyridine rings is 1. The Kier molecular flexibility index (Phi) is 5.16. The molecule has 1 heterocycles. The van der Waals surface area contributed by atoms with Gasteiger partial charge in [0.15, 0.2) is 5.69 Å². The molecule has 0 saturated heterocycles. The minimum atomic E-state index is -3.88. The van der Waals surface area contributed by atoms with Gasteiger partial charge in [-0.3, -0.25) is 4.55 Å². The highest BCUT2D eigenvalue weighted by Gasteiger charge is 2.14. The van der Waals surface area contributed by atoms with Crippen LogP contribution in [0.2, 0.25) is 0 Å². The lowest BCUT2D eigenvalue weighted by molar-refractivity contribution is -0.677. The number of aryl methyl sites for hydroxylation is 2. The van der Waals surface area contributed by atoms with Gasteiger partial charge in [-0.1, -0.05) is 30.3 Å². The average molecular weight is 356 g/mol. The summed E-state index contributed by atoms with van der Waals surface area (Å²) in [4.78, 5) is 0. The number of aromatic nitrogens is 1. The van der Waals surface area contributed by atoms with E-state index in [0.717, 1.165) is 23.1 Å². The standard InChI is InChI=1S/C20H21NO3S/c1-16-9-10-19-15-18(17-7-3-2-4-8-17)11-12-20(19)21(16)13-5-6-14-25(22,23)24/h2-4,7-12,15H,5-6,13-14H2,1H3/p+1. The van der Waals surface area contributed by atoms with Gasteiger partial charge in [0, 0.05) is 30.9 Å². The van der Waals surface area contributed by atoms with E-state index in [9.17, 15) is 8.42 Å². The van der Waals surface area contributed by atoms with Crippen molar-refractivity contribution in [2.45, 2.75) is 26.3 Å².